The van der Waals surface area contributed by atoms with Crippen LogP contribution in [-0.2, 0) is 6.42 Å². The first-order chi connectivity index (χ1) is 13.1. The maximum atomic E-state index is 12.2. The molecule has 8 heteroatoms. The lowest BCUT2D eigenvalue weighted by atomic mass is 10.1. The van der Waals surface area contributed by atoms with Crippen molar-refractivity contribution in [3.8, 4) is 0 Å². The Morgan fingerprint density at radius 3 is 2.56 bits per heavy atom. The second-order valence-corrected chi connectivity index (χ2v) is 7.06. The van der Waals surface area contributed by atoms with Crippen molar-refractivity contribution in [3.05, 3.63) is 74.5 Å². The number of anilines is 2. The standard InChI is InChI=1S/C19H21BrN6O/c1-13-3-4-14(10-23-13)9-15-11-25-19(26-18(15)27)22-8-2-7-21-17-6-5-16(20)12-24-17/h3-6,10-12H,2,7-9H2,1H3,(H,21,24)(H2,22,25,26,27). The van der Waals surface area contributed by atoms with E-state index in [0.29, 0.717) is 24.5 Å². The van der Waals surface area contributed by atoms with Gasteiger partial charge in [-0.05, 0) is 53.0 Å². The highest BCUT2D eigenvalue weighted by atomic mass is 79.9. The molecule has 27 heavy (non-hydrogen) atoms. The number of aromatic nitrogens is 4. The summed E-state index contributed by atoms with van der Waals surface area (Å²) in [6.45, 7) is 3.39. The average molecular weight is 429 g/mol. The van der Waals surface area contributed by atoms with Crippen LogP contribution in [0.4, 0.5) is 11.8 Å². The van der Waals surface area contributed by atoms with E-state index >= 15 is 0 Å². The second-order valence-electron chi connectivity index (χ2n) is 6.14. The van der Waals surface area contributed by atoms with E-state index in [1.165, 1.54) is 0 Å². The van der Waals surface area contributed by atoms with Crippen LogP contribution in [0.2, 0.25) is 0 Å². The van der Waals surface area contributed by atoms with Crippen LogP contribution in [0.3, 0.4) is 0 Å². The van der Waals surface area contributed by atoms with Crippen molar-refractivity contribution in [2.24, 2.45) is 0 Å². The highest BCUT2D eigenvalue weighted by Crippen LogP contribution is 2.10. The lowest BCUT2D eigenvalue weighted by molar-refractivity contribution is 0.884. The number of pyridine rings is 2. The van der Waals surface area contributed by atoms with Gasteiger partial charge in [0.2, 0.25) is 5.95 Å². The molecule has 0 saturated heterocycles. The van der Waals surface area contributed by atoms with Crippen LogP contribution < -0.4 is 16.2 Å². The van der Waals surface area contributed by atoms with Crippen molar-refractivity contribution < 1.29 is 0 Å². The van der Waals surface area contributed by atoms with E-state index in [0.717, 1.165) is 34.5 Å². The lowest BCUT2D eigenvalue weighted by Crippen LogP contribution is -2.18. The predicted molar refractivity (Wildman–Crippen MR) is 110 cm³/mol. The maximum Gasteiger partial charge on any atom is 0.255 e. The molecule has 0 unspecified atom stereocenters. The molecule has 3 heterocycles. The minimum absolute atomic E-state index is 0.134. The quantitative estimate of drug-likeness (QED) is 0.477. The minimum atomic E-state index is -0.134. The monoisotopic (exact) mass is 428 g/mol. The zero-order valence-corrected chi connectivity index (χ0v) is 16.6. The number of nitrogens with one attached hydrogen (secondary N) is 3. The van der Waals surface area contributed by atoms with Crippen LogP contribution in [0.25, 0.3) is 0 Å². The van der Waals surface area contributed by atoms with Crippen LogP contribution in [-0.4, -0.2) is 33.0 Å². The molecule has 0 aromatic carbocycles. The van der Waals surface area contributed by atoms with Gasteiger partial charge in [-0.1, -0.05) is 6.07 Å². The van der Waals surface area contributed by atoms with Crippen molar-refractivity contribution in [3.63, 3.8) is 0 Å². The van der Waals surface area contributed by atoms with E-state index in [2.05, 4.69) is 46.5 Å². The summed E-state index contributed by atoms with van der Waals surface area (Å²) in [6.07, 6.45) is 6.53. The molecule has 0 atom stereocenters. The Kier molecular flexibility index (Phi) is 6.54. The molecule has 0 bridgehead atoms. The van der Waals surface area contributed by atoms with Crippen molar-refractivity contribution in [1.29, 1.82) is 0 Å². The summed E-state index contributed by atoms with van der Waals surface area (Å²) in [5.41, 5.74) is 2.43. The fourth-order valence-electron chi connectivity index (χ4n) is 2.45. The van der Waals surface area contributed by atoms with Crippen LogP contribution in [0.15, 0.2) is 52.1 Å². The third kappa shape index (κ3) is 5.89. The number of H-pyrrole nitrogens is 1. The predicted octanol–water partition coefficient (Wildman–Crippen LogP) is 3.14. The van der Waals surface area contributed by atoms with E-state index in [1.54, 1.807) is 18.6 Å². The second kappa shape index (κ2) is 9.27. The Balaban J connectivity index is 1.45. The number of nitrogens with zero attached hydrogens (tertiary/aromatic N) is 3. The Bertz CT molecular complexity index is 924. The Morgan fingerprint density at radius 1 is 1.00 bits per heavy atom. The van der Waals surface area contributed by atoms with E-state index < -0.39 is 0 Å². The Morgan fingerprint density at radius 2 is 1.85 bits per heavy atom. The van der Waals surface area contributed by atoms with E-state index in [-0.39, 0.29) is 5.56 Å². The average Bonchev–Trinajstić information content (AvgIpc) is 2.67. The molecule has 0 spiro atoms. The molecule has 0 aliphatic carbocycles. The number of aromatic amines is 1. The van der Waals surface area contributed by atoms with Crippen LogP contribution in [0.5, 0.6) is 0 Å². The van der Waals surface area contributed by atoms with E-state index in [1.807, 2.05) is 31.2 Å². The van der Waals surface area contributed by atoms with Crippen LogP contribution in [0.1, 0.15) is 23.2 Å². The molecule has 3 N–H and O–H groups in total. The van der Waals surface area contributed by atoms with E-state index in [9.17, 15) is 4.79 Å². The third-order valence-corrected chi connectivity index (χ3v) is 4.39. The van der Waals surface area contributed by atoms with Gasteiger partial charge in [0.15, 0.2) is 0 Å². The van der Waals surface area contributed by atoms with Gasteiger partial charge < -0.3 is 10.6 Å². The van der Waals surface area contributed by atoms with Gasteiger partial charge in [-0.25, -0.2) is 9.97 Å². The summed E-state index contributed by atoms with van der Waals surface area (Å²) in [5, 5.41) is 6.37. The van der Waals surface area contributed by atoms with Gasteiger partial charge in [-0.3, -0.25) is 14.8 Å². The molecule has 0 saturated carbocycles. The molecular weight excluding hydrogens is 408 g/mol. The molecule has 7 nitrogen and oxygen atoms in total. The summed E-state index contributed by atoms with van der Waals surface area (Å²) in [5.74, 6) is 1.31. The zero-order valence-electron chi connectivity index (χ0n) is 15.0. The van der Waals surface area contributed by atoms with Crippen molar-refractivity contribution in [1.82, 2.24) is 19.9 Å². The highest BCUT2D eigenvalue weighted by molar-refractivity contribution is 9.10. The highest BCUT2D eigenvalue weighted by Gasteiger charge is 2.04. The summed E-state index contributed by atoms with van der Waals surface area (Å²) < 4.78 is 0.951. The molecule has 3 aromatic rings. The van der Waals surface area contributed by atoms with Gasteiger partial charge in [-0.2, -0.15) is 0 Å². The minimum Gasteiger partial charge on any atom is -0.370 e. The molecule has 3 rings (SSSR count). The summed E-state index contributed by atoms with van der Waals surface area (Å²) >= 11 is 3.36. The third-order valence-electron chi connectivity index (χ3n) is 3.92. The molecule has 0 radical (unpaired) electrons. The summed E-state index contributed by atoms with van der Waals surface area (Å²) in [4.78, 5) is 27.8. The molecule has 3 aromatic heterocycles. The Labute approximate surface area is 165 Å². The summed E-state index contributed by atoms with van der Waals surface area (Å²) in [7, 11) is 0. The largest absolute Gasteiger partial charge is 0.370 e. The molecule has 140 valence electrons. The number of aryl methyl sites for hydroxylation is 1. The summed E-state index contributed by atoms with van der Waals surface area (Å²) in [6, 6.07) is 7.77. The van der Waals surface area contributed by atoms with Gasteiger partial charge in [0.25, 0.3) is 5.56 Å². The lowest BCUT2D eigenvalue weighted by Gasteiger charge is -2.08. The zero-order chi connectivity index (χ0) is 19.1. The molecule has 0 fully saturated rings. The van der Waals surface area contributed by atoms with Gasteiger partial charge in [0, 0.05) is 53.8 Å². The topological polar surface area (TPSA) is 95.6 Å². The van der Waals surface area contributed by atoms with Gasteiger partial charge in [0.05, 0.1) is 0 Å². The van der Waals surface area contributed by atoms with E-state index in [4.69, 9.17) is 0 Å². The normalized spacial score (nSPS) is 10.6. The molecule has 0 amide bonds. The van der Waals surface area contributed by atoms with Gasteiger partial charge >= 0.3 is 0 Å². The fourth-order valence-corrected chi connectivity index (χ4v) is 2.69. The smallest absolute Gasteiger partial charge is 0.255 e. The van der Waals surface area contributed by atoms with Gasteiger partial charge in [0.1, 0.15) is 5.82 Å². The number of halogens is 1. The number of rotatable bonds is 8. The first kappa shape index (κ1) is 19.0. The molecular formula is C19H21BrN6O. The van der Waals surface area contributed by atoms with Crippen molar-refractivity contribution in [2.75, 3.05) is 23.7 Å². The number of hydrogen-bond acceptors (Lipinski definition) is 6. The molecule has 0 aliphatic rings. The van der Waals surface area contributed by atoms with Crippen molar-refractivity contribution >= 4 is 27.7 Å². The Hall–Kier alpha value is -2.74. The van der Waals surface area contributed by atoms with Gasteiger partial charge in [-0.15, -0.1) is 0 Å². The number of hydrogen-bond donors (Lipinski definition) is 3. The van der Waals surface area contributed by atoms with Crippen LogP contribution in [0, 0.1) is 6.92 Å². The SMILES string of the molecule is Cc1ccc(Cc2cnc(NCCCNc3ccc(Br)cn3)[nH]c2=O)cn1. The maximum absolute atomic E-state index is 12.2. The first-order valence-electron chi connectivity index (χ1n) is 8.69. The first-order valence-corrected chi connectivity index (χ1v) is 9.48. The van der Waals surface area contributed by atoms with Crippen molar-refractivity contribution in [2.45, 2.75) is 19.8 Å². The molecule has 0 aliphatic heterocycles. The fraction of sp³-hybridized carbons (Fsp3) is 0.263. The van der Waals surface area contributed by atoms with Crippen LogP contribution >= 0.6 is 15.9 Å².